The minimum absolute atomic E-state index is 0.174. The van der Waals surface area contributed by atoms with Crippen molar-refractivity contribution in [2.45, 2.75) is 31.4 Å². The van der Waals surface area contributed by atoms with Crippen molar-refractivity contribution < 1.29 is 22.8 Å². The lowest BCUT2D eigenvalue weighted by Crippen LogP contribution is -2.44. The third-order valence-electron chi connectivity index (χ3n) is 4.54. The molecule has 1 saturated heterocycles. The number of benzene rings is 2. The number of nitrogens with zero attached hydrogens (tertiary/aromatic N) is 1. The summed E-state index contributed by atoms with van der Waals surface area (Å²) in [6, 6.07) is 11.2. The van der Waals surface area contributed by atoms with Crippen molar-refractivity contribution in [3.05, 3.63) is 65.2 Å². The molecule has 3 rings (SSSR count). The van der Waals surface area contributed by atoms with Crippen LogP contribution in [-0.4, -0.2) is 28.5 Å². The SMILES string of the molecule is Cc1ccc(NC(=O)C(C)N2C(=O)CSC2c2ccc(C(F)(F)F)cc2)cc1. The highest BCUT2D eigenvalue weighted by Gasteiger charge is 2.39. The number of anilines is 1. The maximum Gasteiger partial charge on any atom is 0.416 e. The van der Waals surface area contributed by atoms with Gasteiger partial charge in [0, 0.05) is 5.69 Å². The van der Waals surface area contributed by atoms with E-state index in [0.717, 1.165) is 17.7 Å². The average molecular weight is 408 g/mol. The number of carbonyl (C=O) groups excluding carboxylic acids is 2. The van der Waals surface area contributed by atoms with Gasteiger partial charge in [-0.2, -0.15) is 13.2 Å². The fourth-order valence-electron chi connectivity index (χ4n) is 2.96. The molecule has 148 valence electrons. The molecule has 2 atom stereocenters. The molecule has 1 N–H and O–H groups in total. The van der Waals surface area contributed by atoms with Crippen molar-refractivity contribution in [2.24, 2.45) is 0 Å². The minimum Gasteiger partial charge on any atom is -0.324 e. The van der Waals surface area contributed by atoms with E-state index in [1.165, 1.54) is 28.8 Å². The molecule has 2 aromatic carbocycles. The first-order valence-electron chi connectivity index (χ1n) is 8.64. The van der Waals surface area contributed by atoms with Crippen LogP contribution in [-0.2, 0) is 15.8 Å². The molecular formula is C20H19F3N2O2S. The Bertz CT molecular complexity index is 867. The van der Waals surface area contributed by atoms with E-state index < -0.39 is 23.2 Å². The van der Waals surface area contributed by atoms with E-state index in [1.54, 1.807) is 19.1 Å². The third-order valence-corrected chi connectivity index (χ3v) is 5.77. The van der Waals surface area contributed by atoms with Gasteiger partial charge in [0.1, 0.15) is 11.4 Å². The first-order chi connectivity index (χ1) is 13.2. The number of nitrogens with one attached hydrogen (secondary N) is 1. The van der Waals surface area contributed by atoms with Crippen molar-refractivity contribution in [3.8, 4) is 0 Å². The van der Waals surface area contributed by atoms with Gasteiger partial charge in [0.05, 0.1) is 11.3 Å². The summed E-state index contributed by atoms with van der Waals surface area (Å²) < 4.78 is 38.3. The number of hydrogen-bond donors (Lipinski definition) is 1. The third kappa shape index (κ3) is 4.32. The topological polar surface area (TPSA) is 49.4 Å². The molecule has 1 aliphatic heterocycles. The van der Waals surface area contributed by atoms with Gasteiger partial charge in [-0.1, -0.05) is 29.8 Å². The molecule has 8 heteroatoms. The van der Waals surface area contributed by atoms with Gasteiger partial charge in [0.2, 0.25) is 11.8 Å². The van der Waals surface area contributed by atoms with Crippen LogP contribution in [0, 0.1) is 6.92 Å². The second kappa shape index (κ2) is 7.87. The Hall–Kier alpha value is -2.48. The van der Waals surface area contributed by atoms with Gasteiger partial charge in [0.15, 0.2) is 0 Å². The molecule has 1 fully saturated rings. The van der Waals surface area contributed by atoms with Crippen molar-refractivity contribution >= 4 is 29.3 Å². The molecule has 0 aliphatic carbocycles. The van der Waals surface area contributed by atoms with Gasteiger partial charge in [-0.05, 0) is 43.7 Å². The lowest BCUT2D eigenvalue weighted by Gasteiger charge is -2.29. The number of alkyl halides is 3. The van der Waals surface area contributed by atoms with Crippen LogP contribution in [0.2, 0.25) is 0 Å². The zero-order chi connectivity index (χ0) is 20.5. The molecule has 0 saturated carbocycles. The summed E-state index contributed by atoms with van der Waals surface area (Å²) in [6.45, 7) is 3.55. The zero-order valence-corrected chi connectivity index (χ0v) is 16.1. The predicted molar refractivity (Wildman–Crippen MR) is 103 cm³/mol. The van der Waals surface area contributed by atoms with E-state index in [1.807, 2.05) is 19.1 Å². The monoisotopic (exact) mass is 408 g/mol. The predicted octanol–water partition coefficient (Wildman–Crippen LogP) is 4.62. The lowest BCUT2D eigenvalue weighted by molar-refractivity contribution is -0.137. The van der Waals surface area contributed by atoms with Crippen molar-refractivity contribution in [2.75, 3.05) is 11.1 Å². The smallest absolute Gasteiger partial charge is 0.324 e. The Kier molecular flexibility index (Phi) is 5.69. The minimum atomic E-state index is -4.42. The van der Waals surface area contributed by atoms with Crippen LogP contribution in [0.5, 0.6) is 0 Å². The Morgan fingerprint density at radius 3 is 2.32 bits per heavy atom. The number of halogens is 3. The largest absolute Gasteiger partial charge is 0.416 e. The average Bonchev–Trinajstić information content (AvgIpc) is 3.03. The Labute approximate surface area is 165 Å². The van der Waals surface area contributed by atoms with Crippen LogP contribution in [0.15, 0.2) is 48.5 Å². The number of carbonyl (C=O) groups is 2. The number of amides is 2. The van der Waals surface area contributed by atoms with Crippen LogP contribution < -0.4 is 5.32 Å². The summed E-state index contributed by atoms with van der Waals surface area (Å²) in [5.41, 5.74) is 1.48. The molecule has 2 aromatic rings. The van der Waals surface area contributed by atoms with Gasteiger partial charge < -0.3 is 10.2 Å². The van der Waals surface area contributed by atoms with Gasteiger partial charge in [-0.3, -0.25) is 9.59 Å². The first-order valence-corrected chi connectivity index (χ1v) is 9.69. The van der Waals surface area contributed by atoms with Crippen LogP contribution >= 0.6 is 11.8 Å². The summed E-state index contributed by atoms with van der Waals surface area (Å²) in [7, 11) is 0. The number of hydrogen-bond acceptors (Lipinski definition) is 3. The van der Waals surface area contributed by atoms with E-state index >= 15 is 0 Å². The molecule has 4 nitrogen and oxygen atoms in total. The quantitative estimate of drug-likeness (QED) is 0.804. The fraction of sp³-hybridized carbons (Fsp3) is 0.300. The van der Waals surface area contributed by atoms with Crippen molar-refractivity contribution in [3.63, 3.8) is 0 Å². The van der Waals surface area contributed by atoms with Gasteiger partial charge in [-0.25, -0.2) is 0 Å². The summed E-state index contributed by atoms with van der Waals surface area (Å²) >= 11 is 1.29. The van der Waals surface area contributed by atoms with Crippen LogP contribution in [0.25, 0.3) is 0 Å². The number of rotatable bonds is 4. The standard InChI is InChI=1S/C20H19F3N2O2S/c1-12-3-9-16(10-4-12)24-18(27)13(2)25-17(26)11-28-19(25)14-5-7-15(8-6-14)20(21,22)23/h3-10,13,19H,11H2,1-2H3,(H,24,27). The second-order valence-corrected chi connectivity index (χ2v) is 7.68. The fourth-order valence-corrected chi connectivity index (χ4v) is 4.22. The highest BCUT2D eigenvalue weighted by atomic mass is 32.2. The van der Waals surface area contributed by atoms with Crippen LogP contribution in [0.3, 0.4) is 0 Å². The normalized spacial score (nSPS) is 18.2. The maximum atomic E-state index is 12.8. The number of thioether (sulfide) groups is 1. The molecule has 2 unspecified atom stereocenters. The van der Waals surface area contributed by atoms with E-state index in [2.05, 4.69) is 5.32 Å². The zero-order valence-electron chi connectivity index (χ0n) is 15.3. The lowest BCUT2D eigenvalue weighted by atomic mass is 10.1. The van der Waals surface area contributed by atoms with E-state index in [0.29, 0.717) is 11.3 Å². The molecule has 0 aromatic heterocycles. The highest BCUT2D eigenvalue weighted by molar-refractivity contribution is 8.00. The van der Waals surface area contributed by atoms with E-state index in [-0.39, 0.29) is 17.6 Å². The summed E-state index contributed by atoms with van der Waals surface area (Å²) in [5.74, 6) is -0.397. The van der Waals surface area contributed by atoms with Crippen molar-refractivity contribution in [1.82, 2.24) is 4.90 Å². The maximum absolute atomic E-state index is 12.8. The summed E-state index contributed by atoms with van der Waals surface area (Å²) in [4.78, 5) is 26.4. The van der Waals surface area contributed by atoms with Gasteiger partial charge >= 0.3 is 6.18 Å². The summed E-state index contributed by atoms with van der Waals surface area (Å²) in [5, 5.41) is 2.27. The molecule has 0 radical (unpaired) electrons. The first kappa shape index (κ1) is 20.3. The molecule has 2 amide bonds. The molecule has 0 spiro atoms. The molecule has 1 heterocycles. The Morgan fingerprint density at radius 2 is 1.75 bits per heavy atom. The molecule has 1 aliphatic rings. The van der Waals surface area contributed by atoms with E-state index in [9.17, 15) is 22.8 Å². The van der Waals surface area contributed by atoms with Crippen LogP contribution in [0.4, 0.5) is 18.9 Å². The van der Waals surface area contributed by atoms with Crippen molar-refractivity contribution in [1.29, 1.82) is 0 Å². The second-order valence-electron chi connectivity index (χ2n) is 6.62. The van der Waals surface area contributed by atoms with Gasteiger partial charge in [0.25, 0.3) is 0 Å². The Balaban J connectivity index is 1.77. The number of aryl methyl sites for hydroxylation is 1. The Morgan fingerprint density at radius 1 is 1.14 bits per heavy atom. The molecule has 0 bridgehead atoms. The van der Waals surface area contributed by atoms with Gasteiger partial charge in [-0.15, -0.1) is 11.8 Å². The highest BCUT2D eigenvalue weighted by Crippen LogP contribution is 2.41. The molecule has 28 heavy (non-hydrogen) atoms. The molecular weight excluding hydrogens is 389 g/mol. The summed E-state index contributed by atoms with van der Waals surface area (Å²) in [6.07, 6.45) is -4.42. The van der Waals surface area contributed by atoms with Crippen LogP contribution in [0.1, 0.15) is 29.0 Å². The van der Waals surface area contributed by atoms with E-state index in [4.69, 9.17) is 0 Å².